The summed E-state index contributed by atoms with van der Waals surface area (Å²) in [6.07, 6.45) is 4.40. The molecule has 0 radical (unpaired) electrons. The van der Waals surface area contributed by atoms with Crippen molar-refractivity contribution in [2.24, 2.45) is 12.2 Å². The number of hydrogen-bond donors (Lipinski definition) is 1. The van der Waals surface area contributed by atoms with Gasteiger partial charge in [0, 0.05) is 59.3 Å². The molecule has 0 fully saturated rings. The van der Waals surface area contributed by atoms with Crippen molar-refractivity contribution >= 4 is 21.8 Å². The number of halogens is 1. The Balaban J connectivity index is 1.70. The second-order valence-corrected chi connectivity index (χ2v) is 7.54. The molecule has 0 atom stereocenters. The van der Waals surface area contributed by atoms with Gasteiger partial charge in [0.05, 0.1) is 11.2 Å². The quantitative estimate of drug-likeness (QED) is 0.185. The highest BCUT2D eigenvalue weighted by atomic mass is 19.1. The number of aromatic nitrogens is 5. The maximum absolute atomic E-state index is 14.0. The van der Waals surface area contributed by atoms with Gasteiger partial charge in [0.15, 0.2) is 5.82 Å². The van der Waals surface area contributed by atoms with Gasteiger partial charge in [-0.05, 0) is 36.2 Å². The molecule has 9 nitrogen and oxygen atoms in total. The normalized spacial score (nSPS) is 11.3. The van der Waals surface area contributed by atoms with Gasteiger partial charge < -0.3 is 9.13 Å². The lowest BCUT2D eigenvalue weighted by Crippen LogP contribution is -2.15. The van der Waals surface area contributed by atoms with Crippen LogP contribution in [0.5, 0.6) is 0 Å². The molecule has 3 aromatic heterocycles. The first-order chi connectivity index (χ1) is 15.6. The molecule has 0 saturated heterocycles. The summed E-state index contributed by atoms with van der Waals surface area (Å²) in [5.74, 6) is 0.0502. The first-order valence-corrected chi connectivity index (χ1v) is 10.1. The van der Waals surface area contributed by atoms with Crippen molar-refractivity contribution in [3.05, 3.63) is 81.6 Å². The number of H-pyrrole nitrogens is 1. The van der Waals surface area contributed by atoms with Gasteiger partial charge in [-0.15, -0.1) is 0 Å². The minimum atomic E-state index is -0.384. The lowest BCUT2D eigenvalue weighted by atomic mass is 10.1. The van der Waals surface area contributed by atoms with E-state index in [0.29, 0.717) is 42.0 Å². The third-order valence-corrected chi connectivity index (χ3v) is 5.59. The Morgan fingerprint density at radius 3 is 2.84 bits per heavy atom. The second kappa shape index (κ2) is 7.75. The van der Waals surface area contributed by atoms with E-state index in [0.717, 1.165) is 16.4 Å². The molecule has 5 rings (SSSR count). The van der Waals surface area contributed by atoms with Gasteiger partial charge in [0.1, 0.15) is 5.82 Å². The molecular formula is C22H19FN8O. The Labute approximate surface area is 180 Å². The van der Waals surface area contributed by atoms with Gasteiger partial charge in [-0.1, -0.05) is 23.3 Å². The monoisotopic (exact) mass is 430 g/mol. The highest BCUT2D eigenvalue weighted by Gasteiger charge is 2.21. The number of hydrogen-bond acceptors (Lipinski definition) is 3. The van der Waals surface area contributed by atoms with Crippen molar-refractivity contribution in [3.63, 3.8) is 0 Å². The van der Waals surface area contributed by atoms with E-state index in [2.05, 4.69) is 20.2 Å². The summed E-state index contributed by atoms with van der Waals surface area (Å²) in [5.41, 5.74) is 11.2. The van der Waals surface area contributed by atoms with Crippen LogP contribution in [-0.4, -0.2) is 30.4 Å². The number of benzene rings is 2. The average Bonchev–Trinajstić information content (AvgIpc) is 3.44. The van der Waals surface area contributed by atoms with Crippen LogP contribution >= 0.6 is 0 Å². The lowest BCUT2D eigenvalue weighted by molar-refractivity contribution is 0.629. The van der Waals surface area contributed by atoms with Crippen molar-refractivity contribution in [2.75, 3.05) is 6.54 Å². The standard InChI is InChI=1S/C22H19FN8O/c1-29-12-17(16-11-14(23)7-8-18(16)29)21-26-27-22(32)31(21)20-13-30(10-4-9-25-28-24)19-6-3-2-5-15(19)20/h2-3,5-8,11-13H,4,9-10H2,1H3,(H,27,32). The third kappa shape index (κ3) is 3.14. The Morgan fingerprint density at radius 2 is 2.00 bits per heavy atom. The number of nitrogens with one attached hydrogen (secondary N) is 1. The summed E-state index contributed by atoms with van der Waals surface area (Å²) in [5, 5.41) is 12.0. The summed E-state index contributed by atoms with van der Waals surface area (Å²) in [4.78, 5) is 15.7. The van der Waals surface area contributed by atoms with E-state index in [-0.39, 0.29) is 11.5 Å². The Kier molecular flexibility index (Phi) is 4.76. The summed E-state index contributed by atoms with van der Waals surface area (Å²) < 4.78 is 19.4. The van der Waals surface area contributed by atoms with Gasteiger partial charge in [0.2, 0.25) is 0 Å². The van der Waals surface area contributed by atoms with Gasteiger partial charge in [-0.25, -0.2) is 18.9 Å². The number of nitrogens with zero attached hydrogens (tertiary/aromatic N) is 7. The number of fused-ring (bicyclic) bond motifs is 2. The first-order valence-electron chi connectivity index (χ1n) is 10.1. The smallest absolute Gasteiger partial charge is 0.348 e. The number of para-hydroxylation sites is 1. The minimum absolute atomic E-state index is 0.356. The van der Waals surface area contributed by atoms with E-state index < -0.39 is 0 Å². The summed E-state index contributed by atoms with van der Waals surface area (Å²) in [6.45, 7) is 1.01. The minimum Gasteiger partial charge on any atom is -0.350 e. The fraction of sp³-hybridized carbons (Fsp3) is 0.182. The predicted octanol–water partition coefficient (Wildman–Crippen LogP) is 4.51. The SMILES string of the molecule is Cn1cc(-c2n[nH]c(=O)n2-c2cn(CCCN=[N+]=[N-])c3ccccc23)c2cc(F)ccc21. The van der Waals surface area contributed by atoms with Crippen LogP contribution in [-0.2, 0) is 13.6 Å². The number of azide groups is 1. The van der Waals surface area contributed by atoms with E-state index in [1.807, 2.05) is 52.8 Å². The molecule has 32 heavy (non-hydrogen) atoms. The van der Waals surface area contributed by atoms with Crippen molar-refractivity contribution in [3.8, 4) is 17.1 Å². The van der Waals surface area contributed by atoms with Gasteiger partial charge in [0.25, 0.3) is 0 Å². The van der Waals surface area contributed by atoms with Gasteiger partial charge in [-0.3, -0.25) is 0 Å². The molecule has 0 unspecified atom stereocenters. The predicted molar refractivity (Wildman–Crippen MR) is 120 cm³/mol. The number of aromatic amines is 1. The first kappa shape index (κ1) is 19.7. The van der Waals surface area contributed by atoms with E-state index >= 15 is 0 Å². The molecule has 5 aromatic rings. The molecule has 0 aliphatic rings. The Hall–Kier alpha value is -4.30. The maximum atomic E-state index is 14.0. The second-order valence-electron chi connectivity index (χ2n) is 7.54. The van der Waals surface area contributed by atoms with Gasteiger partial charge >= 0.3 is 5.69 Å². The highest BCUT2D eigenvalue weighted by Crippen LogP contribution is 2.32. The lowest BCUT2D eigenvalue weighted by Gasteiger charge is -2.04. The summed E-state index contributed by atoms with van der Waals surface area (Å²) in [6, 6.07) is 12.3. The van der Waals surface area contributed by atoms with Crippen LogP contribution in [0.4, 0.5) is 4.39 Å². The fourth-order valence-corrected chi connectivity index (χ4v) is 4.19. The summed E-state index contributed by atoms with van der Waals surface area (Å²) >= 11 is 0. The zero-order valence-electron chi connectivity index (χ0n) is 17.2. The molecule has 2 aromatic carbocycles. The van der Waals surface area contributed by atoms with E-state index in [9.17, 15) is 9.18 Å². The van der Waals surface area contributed by atoms with E-state index in [1.165, 1.54) is 16.7 Å². The topological polar surface area (TPSA) is 109 Å². The van der Waals surface area contributed by atoms with E-state index in [4.69, 9.17) is 5.53 Å². The van der Waals surface area contributed by atoms with Crippen LogP contribution in [0.15, 0.2) is 64.8 Å². The maximum Gasteiger partial charge on any atom is 0.348 e. The molecule has 0 aliphatic heterocycles. The number of aryl methyl sites for hydroxylation is 2. The molecule has 0 bridgehead atoms. The molecule has 0 saturated carbocycles. The third-order valence-electron chi connectivity index (χ3n) is 5.59. The zero-order chi connectivity index (χ0) is 22.2. The van der Waals surface area contributed by atoms with Crippen LogP contribution in [0.1, 0.15) is 6.42 Å². The van der Waals surface area contributed by atoms with E-state index in [1.54, 1.807) is 6.07 Å². The van der Waals surface area contributed by atoms with Gasteiger partial charge in [-0.2, -0.15) is 5.10 Å². The van der Waals surface area contributed by atoms with Crippen LogP contribution in [0.3, 0.4) is 0 Å². The fourth-order valence-electron chi connectivity index (χ4n) is 4.19. The molecule has 0 aliphatic carbocycles. The Bertz CT molecular complexity index is 1560. The molecule has 0 spiro atoms. The van der Waals surface area contributed by atoms with Crippen LogP contribution in [0.2, 0.25) is 0 Å². The highest BCUT2D eigenvalue weighted by molar-refractivity contribution is 5.96. The van der Waals surface area contributed by atoms with Crippen LogP contribution < -0.4 is 5.69 Å². The van der Waals surface area contributed by atoms with Crippen molar-refractivity contribution < 1.29 is 4.39 Å². The van der Waals surface area contributed by atoms with Crippen molar-refractivity contribution in [1.29, 1.82) is 0 Å². The molecule has 160 valence electrons. The Morgan fingerprint density at radius 1 is 1.16 bits per heavy atom. The number of rotatable bonds is 6. The van der Waals surface area contributed by atoms with Crippen molar-refractivity contribution in [1.82, 2.24) is 23.9 Å². The molecule has 1 N–H and O–H groups in total. The van der Waals surface area contributed by atoms with Crippen molar-refractivity contribution in [2.45, 2.75) is 13.0 Å². The summed E-state index contributed by atoms with van der Waals surface area (Å²) in [7, 11) is 1.87. The zero-order valence-corrected chi connectivity index (χ0v) is 17.2. The molecule has 0 amide bonds. The average molecular weight is 430 g/mol. The molecular weight excluding hydrogens is 411 g/mol. The largest absolute Gasteiger partial charge is 0.350 e. The molecule has 3 heterocycles. The molecule has 10 heteroatoms. The van der Waals surface area contributed by atoms with Crippen LogP contribution in [0.25, 0.3) is 49.3 Å². The van der Waals surface area contributed by atoms with Crippen LogP contribution in [0, 0.1) is 5.82 Å².